The minimum absolute atomic E-state index is 0.0275. The van der Waals surface area contributed by atoms with E-state index >= 15 is 4.39 Å². The number of carboxylic acids is 1. The molecule has 0 saturated heterocycles. The molecule has 3 aliphatic heterocycles. The fourth-order valence-corrected chi connectivity index (χ4v) is 11.1. The van der Waals surface area contributed by atoms with Crippen LogP contribution in [0.25, 0.3) is 22.3 Å². The van der Waals surface area contributed by atoms with E-state index in [0.717, 1.165) is 10.5 Å². The molecule has 22 heteroatoms. The highest BCUT2D eigenvalue weighted by molar-refractivity contribution is 6.12. The van der Waals surface area contributed by atoms with E-state index in [-0.39, 0.29) is 106 Å². The van der Waals surface area contributed by atoms with Crippen molar-refractivity contribution in [3.63, 3.8) is 0 Å². The number of aromatic nitrogens is 2. The number of rotatable bonds is 28. The number of nitrogens with zero attached hydrogens (tertiary/aromatic N) is 4. The summed E-state index contributed by atoms with van der Waals surface area (Å²) in [6, 6.07) is 11.1. The summed E-state index contributed by atoms with van der Waals surface area (Å²) in [5, 5.41) is 29.7. The molecule has 5 amide bonds. The molecule has 5 heterocycles. The molecule has 21 nitrogen and oxygen atoms in total. The van der Waals surface area contributed by atoms with Gasteiger partial charge in [-0.3, -0.25) is 57.7 Å². The van der Waals surface area contributed by atoms with Gasteiger partial charge >= 0.3 is 11.9 Å². The number of imide groups is 1. The van der Waals surface area contributed by atoms with Crippen molar-refractivity contribution < 1.29 is 67.3 Å². The monoisotopic (exact) mass is 1100 g/mol. The average Bonchev–Trinajstić information content (AvgIpc) is 4.16. The second-order valence-electron chi connectivity index (χ2n) is 20.9. The van der Waals surface area contributed by atoms with Gasteiger partial charge in [-0.05, 0) is 86.7 Å². The number of esters is 1. The minimum Gasteiger partial charge on any atom is -0.480 e. The molecule has 1 aliphatic carbocycles. The summed E-state index contributed by atoms with van der Waals surface area (Å²) in [7, 11) is 0. The van der Waals surface area contributed by atoms with Crippen LogP contribution >= 0.6 is 0 Å². The maximum Gasteiger partial charge on any atom is 0.343 e. The molecule has 8 rings (SSSR count). The lowest BCUT2D eigenvalue weighted by Gasteiger charge is -2.31. The average molecular weight is 1100 g/mol. The number of pyridine rings is 2. The zero-order chi connectivity index (χ0) is 57.4. The van der Waals surface area contributed by atoms with Crippen molar-refractivity contribution in [2.24, 2.45) is 5.92 Å². The lowest BCUT2D eigenvalue weighted by Crippen LogP contribution is -2.44. The van der Waals surface area contributed by atoms with Crippen molar-refractivity contribution in [2.75, 3.05) is 39.3 Å². The number of benzene rings is 2. The molecule has 0 saturated carbocycles. The fraction of sp³-hybridized carbons (Fsp3) is 0.448. The first kappa shape index (κ1) is 58.0. The van der Waals surface area contributed by atoms with Crippen molar-refractivity contribution >= 4 is 69.7 Å². The van der Waals surface area contributed by atoms with Gasteiger partial charge in [-0.25, -0.2) is 14.2 Å². The maximum absolute atomic E-state index is 15.5. The highest BCUT2D eigenvalue weighted by Gasteiger charge is 2.46. The number of carbonyl (C=O) groups excluding carboxylic acids is 9. The van der Waals surface area contributed by atoms with Gasteiger partial charge in [0.05, 0.1) is 61.2 Å². The van der Waals surface area contributed by atoms with Crippen LogP contribution in [0.3, 0.4) is 0 Å². The topological polar surface area (TPSA) is 298 Å². The molecule has 0 spiro atoms. The van der Waals surface area contributed by atoms with Gasteiger partial charge in [0.2, 0.25) is 17.7 Å². The van der Waals surface area contributed by atoms with Gasteiger partial charge in [-0.1, -0.05) is 43.7 Å². The number of unbranched alkanes of at least 4 members (excludes halogenated alkanes) is 2. The van der Waals surface area contributed by atoms with E-state index in [1.54, 1.807) is 50.2 Å². The zero-order valence-electron chi connectivity index (χ0n) is 44.7. The van der Waals surface area contributed by atoms with Gasteiger partial charge in [0.15, 0.2) is 11.4 Å². The molecule has 5 N–H and O–H groups in total. The Hall–Kier alpha value is -8.11. The summed E-state index contributed by atoms with van der Waals surface area (Å²) < 4.78 is 22.2. The Balaban J connectivity index is 0.836. The van der Waals surface area contributed by atoms with Gasteiger partial charge in [-0.2, -0.15) is 0 Å². The number of fused-ring (bicyclic) bond motifs is 5. The van der Waals surface area contributed by atoms with E-state index in [9.17, 15) is 63.0 Å². The largest absolute Gasteiger partial charge is 0.480 e. The third kappa shape index (κ3) is 13.1. The van der Waals surface area contributed by atoms with E-state index in [2.05, 4.69) is 16.0 Å². The second kappa shape index (κ2) is 25.3. The summed E-state index contributed by atoms with van der Waals surface area (Å²) in [6.07, 6.45) is 4.83. The first-order chi connectivity index (χ1) is 38.3. The first-order valence-electron chi connectivity index (χ1n) is 27.0. The Bertz CT molecular complexity index is 3270. The first-order valence-corrected chi connectivity index (χ1v) is 27.0. The number of carbonyl (C=O) groups is 10. The van der Waals surface area contributed by atoms with Gasteiger partial charge in [0, 0.05) is 79.3 Å². The minimum atomic E-state index is -2.07. The van der Waals surface area contributed by atoms with Crippen molar-refractivity contribution in [1.29, 1.82) is 0 Å². The molecule has 1 unspecified atom stereocenters. The predicted molar refractivity (Wildman–Crippen MR) is 285 cm³/mol. The second-order valence-corrected chi connectivity index (χ2v) is 20.9. The fourth-order valence-electron chi connectivity index (χ4n) is 11.1. The SMILES string of the molecule is CC[C@@]1(O)C(=O)OCc2c1cc1n(c2=O)Cc2c-1nc1cc(F)c(C)c3c1c2C(NC(=O)CNC(=O)[C@@H](CC(=O)CNC(=O)CCC(=O)CN(CCCC(=O)CCCCCN1C(=O)C=CC1=O)CC(=O)O)Cc1ccccc1)CC3. The van der Waals surface area contributed by atoms with Crippen LogP contribution in [0.1, 0.15) is 123 Å². The van der Waals surface area contributed by atoms with Crippen LogP contribution in [0, 0.1) is 18.7 Å². The lowest BCUT2D eigenvalue weighted by atomic mass is 9.81. The van der Waals surface area contributed by atoms with E-state index in [1.807, 2.05) is 0 Å². The summed E-state index contributed by atoms with van der Waals surface area (Å²) in [6.45, 7) is 1.69. The Kier molecular flexibility index (Phi) is 18.4. The number of amides is 5. The van der Waals surface area contributed by atoms with E-state index in [4.69, 9.17) is 9.72 Å². The lowest BCUT2D eigenvalue weighted by molar-refractivity contribution is -0.172. The quantitative estimate of drug-likeness (QED) is 0.0273. The summed E-state index contributed by atoms with van der Waals surface area (Å²) in [5.74, 6) is -6.98. The Morgan fingerprint density at radius 2 is 1.59 bits per heavy atom. The van der Waals surface area contributed by atoms with Crippen molar-refractivity contribution in [3.8, 4) is 11.4 Å². The van der Waals surface area contributed by atoms with Crippen molar-refractivity contribution in [3.05, 3.63) is 110 Å². The number of Topliss-reactive ketones (excluding diaryl/α,β-unsaturated/α-hetero) is 3. The number of nitrogens with one attached hydrogen (secondary N) is 3. The standard InChI is InChI=1S/C58H64FN7O14/c1-3-58(79)42-25-46-54-40(30-66(46)56(77)41(42)32-80-57(58)78)53-44(17-16-39-33(2)43(59)26-45(63-54)52(39)53)62-48(71)28-61-55(76)35(23-34-11-6-4-7-12-34)24-38(69)27-60-47(70)18-15-37(68)29-64(31-51(74)75)21-10-14-36(67)13-8-5-9-22-65-49(72)19-20-50(65)73/h4,6-7,11-12,19-20,25-26,35,44,79H,3,5,8-10,13-18,21-24,27-32H2,1-2H3,(H,60,70)(H,61,76)(H,62,71)(H,74,75)/t35-,44?,58+/m1/s1. The van der Waals surface area contributed by atoms with Crippen molar-refractivity contribution in [2.45, 2.75) is 122 Å². The number of hydrogen-bond donors (Lipinski definition) is 5. The molecule has 4 aromatic rings. The number of halogens is 1. The third-order valence-electron chi connectivity index (χ3n) is 15.3. The van der Waals surface area contributed by atoms with Crippen LogP contribution < -0.4 is 21.5 Å². The highest BCUT2D eigenvalue weighted by Crippen LogP contribution is 2.46. The Morgan fingerprint density at radius 3 is 2.31 bits per heavy atom. The van der Waals surface area contributed by atoms with Crippen LogP contribution in [0.5, 0.6) is 0 Å². The molecule has 2 aromatic heterocycles. The molecule has 0 bridgehead atoms. The normalized spacial score (nSPS) is 17.2. The zero-order valence-corrected chi connectivity index (χ0v) is 44.7. The molecular formula is C58H64FN7O14. The maximum atomic E-state index is 15.5. The smallest absolute Gasteiger partial charge is 0.343 e. The molecule has 422 valence electrons. The van der Waals surface area contributed by atoms with Crippen LogP contribution in [0.4, 0.5) is 4.39 Å². The van der Waals surface area contributed by atoms with E-state index < -0.39 is 89.8 Å². The predicted octanol–water partition coefficient (Wildman–Crippen LogP) is 3.25. The van der Waals surface area contributed by atoms with Gasteiger partial charge in [0.1, 0.15) is 24.0 Å². The molecule has 3 atom stereocenters. The van der Waals surface area contributed by atoms with E-state index in [1.165, 1.54) is 27.7 Å². The van der Waals surface area contributed by atoms with Gasteiger partial charge in [-0.15, -0.1) is 0 Å². The number of cyclic esters (lactones) is 1. The highest BCUT2D eigenvalue weighted by atomic mass is 19.1. The van der Waals surface area contributed by atoms with Crippen LogP contribution in [0.15, 0.2) is 59.4 Å². The number of aliphatic hydroxyl groups is 1. The summed E-state index contributed by atoms with van der Waals surface area (Å²) in [4.78, 5) is 149. The van der Waals surface area contributed by atoms with Gasteiger partial charge < -0.3 is 35.5 Å². The Labute approximate surface area is 459 Å². The number of aryl methyl sites for hydroxylation is 1. The van der Waals surface area contributed by atoms with Crippen molar-refractivity contribution in [1.82, 2.24) is 35.3 Å². The number of carboxylic acid groups (broad SMARTS) is 1. The number of aliphatic carboxylic acids is 1. The van der Waals surface area contributed by atoms with Crippen LogP contribution in [-0.2, 0) is 84.3 Å². The van der Waals surface area contributed by atoms with E-state index in [0.29, 0.717) is 83.1 Å². The third-order valence-corrected chi connectivity index (χ3v) is 15.3. The molecule has 0 radical (unpaired) electrons. The number of hydrogen-bond acceptors (Lipinski definition) is 15. The molecule has 80 heavy (non-hydrogen) atoms. The number of ether oxygens (including phenoxy) is 1. The molecule has 0 fully saturated rings. The number of ketones is 3. The molecule has 2 aromatic carbocycles. The summed E-state index contributed by atoms with van der Waals surface area (Å²) in [5.41, 5.74) is 1.70. The molecule has 4 aliphatic rings. The molecular weight excluding hydrogens is 1040 g/mol. The Morgan fingerprint density at radius 1 is 0.850 bits per heavy atom. The summed E-state index contributed by atoms with van der Waals surface area (Å²) >= 11 is 0. The van der Waals surface area contributed by atoms with Gasteiger partial charge in [0.25, 0.3) is 17.4 Å². The van der Waals surface area contributed by atoms with Crippen LogP contribution in [0.2, 0.25) is 0 Å². The van der Waals surface area contributed by atoms with Crippen LogP contribution in [-0.4, -0.2) is 128 Å².